The first-order chi connectivity index (χ1) is 16.9. The minimum atomic E-state index is -3.67. The number of amides is 1. The van der Waals surface area contributed by atoms with Crippen LogP contribution in [0.1, 0.15) is 50.8 Å². The third-order valence-electron chi connectivity index (χ3n) is 8.34. The Balaban J connectivity index is 1.43. The number of aromatic hydroxyl groups is 2. The third-order valence-corrected chi connectivity index (χ3v) is 10.3. The summed E-state index contributed by atoms with van der Waals surface area (Å²) >= 11 is 0. The summed E-state index contributed by atoms with van der Waals surface area (Å²) in [5.41, 5.74) is 2.44. The van der Waals surface area contributed by atoms with E-state index >= 15 is 0 Å². The van der Waals surface area contributed by atoms with Crippen LogP contribution < -0.4 is 5.32 Å². The molecule has 0 radical (unpaired) electrons. The zero-order chi connectivity index (χ0) is 26.3. The van der Waals surface area contributed by atoms with Crippen molar-refractivity contribution in [2.45, 2.75) is 63.0 Å². The standard InChI is InChI=1S/C28H38N2O5S/c1-18(2)25(16-30-11-10-28(4,19(3)15-30)22-6-5-7-23(31)14-22)29-27(33)26-13-20-8-9-24(32)12-21(20)17-36(26,34)35/h5-9,12,14,18-19,25-26,31-32H,10-11,13,15-17H2,1-4H3,(H,29,33)/t19-,25-,26-,28+/m1/s1. The number of benzene rings is 2. The number of phenols is 2. The summed E-state index contributed by atoms with van der Waals surface area (Å²) in [5.74, 6) is 0.105. The molecule has 0 spiro atoms. The van der Waals surface area contributed by atoms with E-state index in [4.69, 9.17) is 0 Å². The maximum atomic E-state index is 13.2. The second-order valence-electron chi connectivity index (χ2n) is 11.2. The molecule has 4 rings (SSSR count). The van der Waals surface area contributed by atoms with E-state index in [1.807, 2.05) is 26.0 Å². The minimum Gasteiger partial charge on any atom is -0.508 e. The Bertz CT molecular complexity index is 1230. The number of carbonyl (C=O) groups excluding carboxylic acids is 1. The fourth-order valence-corrected chi connectivity index (χ4v) is 7.33. The molecule has 3 N–H and O–H groups in total. The summed E-state index contributed by atoms with van der Waals surface area (Å²) in [6, 6.07) is 12.0. The van der Waals surface area contributed by atoms with Crippen LogP contribution in [-0.2, 0) is 32.2 Å². The molecule has 1 saturated heterocycles. The second kappa shape index (κ2) is 10.1. The lowest BCUT2D eigenvalue weighted by atomic mass is 9.68. The van der Waals surface area contributed by atoms with Gasteiger partial charge in [-0.05, 0) is 77.6 Å². The summed E-state index contributed by atoms with van der Waals surface area (Å²) in [6.07, 6.45) is 1.05. The smallest absolute Gasteiger partial charge is 0.238 e. The van der Waals surface area contributed by atoms with E-state index in [1.54, 1.807) is 12.1 Å². The van der Waals surface area contributed by atoms with Gasteiger partial charge in [-0.1, -0.05) is 45.9 Å². The van der Waals surface area contributed by atoms with Crippen LogP contribution in [0.15, 0.2) is 42.5 Å². The Hall–Kier alpha value is -2.58. The zero-order valence-electron chi connectivity index (χ0n) is 21.6. The van der Waals surface area contributed by atoms with Gasteiger partial charge in [0.15, 0.2) is 9.84 Å². The topological polar surface area (TPSA) is 107 Å². The molecular formula is C28H38N2O5S. The van der Waals surface area contributed by atoms with Crippen LogP contribution in [0.5, 0.6) is 11.5 Å². The van der Waals surface area contributed by atoms with E-state index in [0.717, 1.165) is 30.6 Å². The molecule has 36 heavy (non-hydrogen) atoms. The van der Waals surface area contributed by atoms with Gasteiger partial charge in [-0.25, -0.2) is 8.42 Å². The number of piperidine rings is 1. The van der Waals surface area contributed by atoms with Crippen molar-refractivity contribution in [2.24, 2.45) is 11.8 Å². The minimum absolute atomic E-state index is 0.0302. The Morgan fingerprint density at radius 3 is 2.53 bits per heavy atom. The van der Waals surface area contributed by atoms with Crippen molar-refractivity contribution in [2.75, 3.05) is 19.6 Å². The molecule has 2 aromatic carbocycles. The van der Waals surface area contributed by atoms with E-state index < -0.39 is 21.0 Å². The van der Waals surface area contributed by atoms with E-state index in [1.165, 1.54) is 12.1 Å². The number of nitrogens with one attached hydrogen (secondary N) is 1. The average molecular weight is 515 g/mol. The highest BCUT2D eigenvalue weighted by Gasteiger charge is 2.41. The van der Waals surface area contributed by atoms with Crippen molar-refractivity contribution in [3.63, 3.8) is 0 Å². The lowest BCUT2D eigenvalue weighted by Crippen LogP contribution is -2.55. The molecule has 7 nitrogen and oxygen atoms in total. The molecule has 0 saturated carbocycles. The molecule has 0 aromatic heterocycles. The normalized spacial score (nSPS) is 26.8. The van der Waals surface area contributed by atoms with Gasteiger partial charge in [-0.3, -0.25) is 4.79 Å². The second-order valence-corrected chi connectivity index (χ2v) is 13.4. The summed E-state index contributed by atoms with van der Waals surface area (Å²) in [4.78, 5) is 15.6. The molecule has 2 aromatic rings. The van der Waals surface area contributed by atoms with Crippen LogP contribution in [0.4, 0.5) is 0 Å². The third kappa shape index (κ3) is 5.39. The summed E-state index contributed by atoms with van der Waals surface area (Å²) < 4.78 is 25.9. The van der Waals surface area contributed by atoms with Gasteiger partial charge in [0.05, 0.1) is 5.75 Å². The maximum absolute atomic E-state index is 13.2. The molecule has 8 heteroatoms. The number of likely N-dealkylation sites (tertiary alicyclic amines) is 1. The van der Waals surface area contributed by atoms with Gasteiger partial charge in [0, 0.05) is 19.1 Å². The fraction of sp³-hybridized carbons (Fsp3) is 0.536. The number of phenolic OH excluding ortho intramolecular Hbond substituents is 2. The van der Waals surface area contributed by atoms with Crippen LogP contribution in [0.2, 0.25) is 0 Å². The summed E-state index contributed by atoms with van der Waals surface area (Å²) in [5, 5.41) is 21.6. The van der Waals surface area contributed by atoms with Gasteiger partial charge in [0.25, 0.3) is 0 Å². The van der Waals surface area contributed by atoms with Crippen LogP contribution in [-0.4, -0.2) is 60.4 Å². The molecule has 0 aliphatic carbocycles. The first-order valence-corrected chi connectivity index (χ1v) is 14.4. The van der Waals surface area contributed by atoms with E-state index in [-0.39, 0.29) is 41.0 Å². The number of sulfone groups is 1. The molecule has 4 atom stereocenters. The molecule has 2 aliphatic heterocycles. The van der Waals surface area contributed by atoms with Crippen molar-refractivity contribution in [3.8, 4) is 11.5 Å². The average Bonchev–Trinajstić information content (AvgIpc) is 2.79. The SMILES string of the molecule is CC(C)[C@@H](CN1CC[C@](C)(c2cccc(O)c2)[C@H](C)C1)NC(=O)[C@H]1Cc2ccc(O)cc2CS1(=O)=O. The number of carbonyl (C=O) groups is 1. The van der Waals surface area contributed by atoms with Crippen molar-refractivity contribution < 1.29 is 23.4 Å². The van der Waals surface area contributed by atoms with Crippen LogP contribution in [0.25, 0.3) is 0 Å². The molecule has 2 heterocycles. The lowest BCUT2D eigenvalue weighted by molar-refractivity contribution is -0.122. The first-order valence-electron chi connectivity index (χ1n) is 12.7. The fourth-order valence-electron chi connectivity index (χ4n) is 5.60. The van der Waals surface area contributed by atoms with Crippen LogP contribution >= 0.6 is 0 Å². The Morgan fingerprint density at radius 2 is 1.86 bits per heavy atom. The number of hydrogen-bond acceptors (Lipinski definition) is 6. The van der Waals surface area contributed by atoms with Crippen molar-refractivity contribution in [3.05, 3.63) is 59.2 Å². The van der Waals surface area contributed by atoms with E-state index in [0.29, 0.717) is 18.0 Å². The molecule has 2 aliphatic rings. The molecule has 1 fully saturated rings. The van der Waals surface area contributed by atoms with Crippen molar-refractivity contribution in [1.29, 1.82) is 0 Å². The highest BCUT2D eigenvalue weighted by molar-refractivity contribution is 7.92. The van der Waals surface area contributed by atoms with Crippen LogP contribution in [0, 0.1) is 11.8 Å². The summed E-state index contributed by atoms with van der Waals surface area (Å²) in [7, 11) is -3.67. The van der Waals surface area contributed by atoms with Gasteiger partial charge in [0.1, 0.15) is 16.7 Å². The predicted octanol–water partition coefficient (Wildman–Crippen LogP) is 3.38. The molecule has 196 valence electrons. The number of fused-ring (bicyclic) bond motifs is 1. The van der Waals surface area contributed by atoms with Gasteiger partial charge in [-0.15, -0.1) is 0 Å². The number of hydrogen-bond donors (Lipinski definition) is 3. The van der Waals surface area contributed by atoms with Crippen LogP contribution in [0.3, 0.4) is 0 Å². The molecule has 1 amide bonds. The molecule has 0 unspecified atom stereocenters. The van der Waals surface area contributed by atoms with Gasteiger partial charge < -0.3 is 20.4 Å². The van der Waals surface area contributed by atoms with Crippen molar-refractivity contribution >= 4 is 15.7 Å². The quantitative estimate of drug-likeness (QED) is 0.546. The van der Waals surface area contributed by atoms with E-state index in [9.17, 15) is 23.4 Å². The van der Waals surface area contributed by atoms with Gasteiger partial charge in [0.2, 0.25) is 5.91 Å². The number of nitrogens with zero attached hydrogens (tertiary/aromatic N) is 1. The number of rotatable bonds is 6. The Kier molecular flexibility index (Phi) is 7.40. The van der Waals surface area contributed by atoms with Gasteiger partial charge in [-0.2, -0.15) is 0 Å². The predicted molar refractivity (Wildman–Crippen MR) is 141 cm³/mol. The van der Waals surface area contributed by atoms with Gasteiger partial charge >= 0.3 is 0 Å². The Labute approximate surface area is 214 Å². The zero-order valence-corrected chi connectivity index (χ0v) is 22.4. The lowest BCUT2D eigenvalue weighted by Gasteiger charge is -2.46. The van der Waals surface area contributed by atoms with Crippen molar-refractivity contribution in [1.82, 2.24) is 10.2 Å². The monoisotopic (exact) mass is 514 g/mol. The largest absolute Gasteiger partial charge is 0.508 e. The first kappa shape index (κ1) is 26.5. The maximum Gasteiger partial charge on any atom is 0.238 e. The summed E-state index contributed by atoms with van der Waals surface area (Å²) in [6.45, 7) is 10.9. The molecular weight excluding hydrogens is 476 g/mol. The molecule has 0 bridgehead atoms. The highest BCUT2D eigenvalue weighted by atomic mass is 32.2. The van der Waals surface area contributed by atoms with E-state index in [2.05, 4.69) is 30.1 Å². The Morgan fingerprint density at radius 1 is 1.14 bits per heavy atom. The highest BCUT2D eigenvalue weighted by Crippen LogP contribution is 2.40.